The van der Waals surface area contributed by atoms with Crippen molar-refractivity contribution in [2.75, 3.05) is 18.1 Å². The fourth-order valence-corrected chi connectivity index (χ4v) is 1.64. The molecule has 0 heterocycles. The Kier molecular flexibility index (Phi) is 7.88. The van der Waals surface area contributed by atoms with Crippen LogP contribution in [0.4, 0.5) is 0 Å². The number of hydrogen-bond acceptors (Lipinski definition) is 2. The average Bonchev–Trinajstić information content (AvgIpc) is 2.01. The van der Waals surface area contributed by atoms with E-state index in [0.717, 1.165) is 18.7 Å². The first-order valence-electron chi connectivity index (χ1n) is 4.09. The maximum atomic E-state index is 5.23. The van der Waals surface area contributed by atoms with Crippen LogP contribution in [0.2, 0.25) is 0 Å². The van der Waals surface area contributed by atoms with Gasteiger partial charge in [-0.15, -0.1) is 12.3 Å². The predicted octanol–water partition coefficient (Wildman–Crippen LogP) is 1.74. The van der Waals surface area contributed by atoms with Crippen LogP contribution in [0.1, 0.15) is 20.3 Å². The van der Waals surface area contributed by atoms with Crippen LogP contribution >= 0.6 is 11.8 Å². The highest BCUT2D eigenvalue weighted by Gasteiger charge is 2.03. The van der Waals surface area contributed by atoms with Gasteiger partial charge in [0.2, 0.25) is 0 Å². The van der Waals surface area contributed by atoms with E-state index in [0.29, 0.717) is 6.04 Å². The van der Waals surface area contributed by atoms with Crippen LogP contribution < -0.4 is 5.32 Å². The van der Waals surface area contributed by atoms with Crippen LogP contribution in [0.15, 0.2) is 0 Å². The highest BCUT2D eigenvalue weighted by molar-refractivity contribution is 7.99. The molecule has 0 aliphatic rings. The molecule has 11 heavy (non-hydrogen) atoms. The highest BCUT2D eigenvalue weighted by atomic mass is 32.2. The first-order valence-corrected chi connectivity index (χ1v) is 5.25. The van der Waals surface area contributed by atoms with Crippen molar-refractivity contribution in [2.45, 2.75) is 26.3 Å². The molecule has 0 fully saturated rings. The normalized spacial score (nSPS) is 12.5. The summed E-state index contributed by atoms with van der Waals surface area (Å²) in [4.78, 5) is 0. The molecular weight excluding hydrogens is 154 g/mol. The zero-order valence-electron chi connectivity index (χ0n) is 7.39. The van der Waals surface area contributed by atoms with E-state index in [4.69, 9.17) is 6.42 Å². The summed E-state index contributed by atoms with van der Waals surface area (Å²) in [6.45, 7) is 5.29. The van der Waals surface area contributed by atoms with Crippen molar-refractivity contribution in [3.63, 3.8) is 0 Å². The quantitative estimate of drug-likeness (QED) is 0.611. The minimum atomic E-state index is 0.509. The third-order valence-corrected chi connectivity index (χ3v) is 2.43. The topological polar surface area (TPSA) is 12.0 Å². The van der Waals surface area contributed by atoms with E-state index in [-0.39, 0.29) is 0 Å². The molecule has 0 radical (unpaired) electrons. The average molecular weight is 171 g/mol. The van der Waals surface area contributed by atoms with E-state index in [1.807, 2.05) is 11.8 Å². The SMILES string of the molecule is C#CCC(CSCC)NCC. The van der Waals surface area contributed by atoms with E-state index >= 15 is 0 Å². The third-order valence-electron chi connectivity index (χ3n) is 1.38. The van der Waals surface area contributed by atoms with Gasteiger partial charge in [-0.1, -0.05) is 13.8 Å². The monoisotopic (exact) mass is 171 g/mol. The Bertz CT molecular complexity index is 117. The van der Waals surface area contributed by atoms with Crippen molar-refractivity contribution in [1.82, 2.24) is 5.32 Å². The summed E-state index contributed by atoms with van der Waals surface area (Å²) in [5, 5.41) is 3.36. The molecule has 0 amide bonds. The summed E-state index contributed by atoms with van der Waals surface area (Å²) < 4.78 is 0. The van der Waals surface area contributed by atoms with Crippen LogP contribution in [0.5, 0.6) is 0 Å². The molecule has 0 spiro atoms. The van der Waals surface area contributed by atoms with Gasteiger partial charge in [-0.25, -0.2) is 0 Å². The van der Waals surface area contributed by atoms with E-state index in [2.05, 4.69) is 25.1 Å². The van der Waals surface area contributed by atoms with Crippen molar-refractivity contribution in [2.24, 2.45) is 0 Å². The van der Waals surface area contributed by atoms with E-state index in [9.17, 15) is 0 Å². The summed E-state index contributed by atoms with van der Waals surface area (Å²) in [5.41, 5.74) is 0. The molecule has 0 aliphatic heterocycles. The zero-order valence-corrected chi connectivity index (χ0v) is 8.21. The maximum absolute atomic E-state index is 5.23. The lowest BCUT2D eigenvalue weighted by Crippen LogP contribution is -2.30. The van der Waals surface area contributed by atoms with Crippen molar-refractivity contribution in [3.05, 3.63) is 0 Å². The van der Waals surface area contributed by atoms with Gasteiger partial charge in [0.05, 0.1) is 0 Å². The second kappa shape index (κ2) is 7.97. The van der Waals surface area contributed by atoms with Crippen LogP contribution in [0, 0.1) is 12.3 Å². The van der Waals surface area contributed by atoms with Crippen molar-refractivity contribution in [1.29, 1.82) is 0 Å². The fraction of sp³-hybridized carbons (Fsp3) is 0.778. The van der Waals surface area contributed by atoms with Crippen LogP contribution in [-0.2, 0) is 0 Å². The minimum absolute atomic E-state index is 0.509. The van der Waals surface area contributed by atoms with E-state index < -0.39 is 0 Å². The molecule has 1 N–H and O–H groups in total. The Morgan fingerprint density at radius 1 is 1.55 bits per heavy atom. The first kappa shape index (κ1) is 10.9. The second-order valence-electron chi connectivity index (χ2n) is 2.32. The molecule has 1 nitrogen and oxygen atoms in total. The molecule has 0 aliphatic carbocycles. The van der Waals surface area contributed by atoms with Crippen LogP contribution in [0.3, 0.4) is 0 Å². The molecule has 0 rings (SSSR count). The molecule has 2 heteroatoms. The summed E-state index contributed by atoms with van der Waals surface area (Å²) in [7, 11) is 0. The van der Waals surface area contributed by atoms with Gasteiger partial charge in [0.15, 0.2) is 0 Å². The van der Waals surface area contributed by atoms with Crippen molar-refractivity contribution < 1.29 is 0 Å². The summed E-state index contributed by atoms with van der Waals surface area (Å²) >= 11 is 1.94. The molecule has 0 bridgehead atoms. The zero-order chi connectivity index (χ0) is 8.53. The van der Waals surface area contributed by atoms with Gasteiger partial charge < -0.3 is 5.32 Å². The van der Waals surface area contributed by atoms with Crippen molar-refractivity contribution in [3.8, 4) is 12.3 Å². The highest BCUT2D eigenvalue weighted by Crippen LogP contribution is 2.03. The lowest BCUT2D eigenvalue weighted by Gasteiger charge is -2.13. The largest absolute Gasteiger partial charge is 0.312 e. The van der Waals surface area contributed by atoms with Gasteiger partial charge in [0, 0.05) is 18.2 Å². The lowest BCUT2D eigenvalue weighted by molar-refractivity contribution is 0.588. The Morgan fingerprint density at radius 3 is 2.73 bits per heavy atom. The standard InChI is InChI=1S/C9H17NS/c1-4-7-9(10-5-2)8-11-6-3/h1,9-10H,5-8H2,2-3H3. The Balaban J connectivity index is 3.44. The number of rotatable bonds is 6. The number of hydrogen-bond donors (Lipinski definition) is 1. The van der Waals surface area contributed by atoms with Gasteiger partial charge >= 0.3 is 0 Å². The van der Waals surface area contributed by atoms with Gasteiger partial charge in [0.1, 0.15) is 0 Å². The second-order valence-corrected chi connectivity index (χ2v) is 3.64. The number of terminal acetylenes is 1. The Morgan fingerprint density at radius 2 is 2.27 bits per heavy atom. The molecule has 0 saturated carbocycles. The van der Waals surface area contributed by atoms with E-state index in [1.165, 1.54) is 5.75 Å². The Labute approximate surface area is 74.3 Å². The van der Waals surface area contributed by atoms with Crippen LogP contribution in [-0.4, -0.2) is 24.1 Å². The number of thioether (sulfide) groups is 1. The van der Waals surface area contributed by atoms with Gasteiger partial charge in [-0.3, -0.25) is 0 Å². The molecule has 0 aromatic carbocycles. The number of nitrogens with one attached hydrogen (secondary N) is 1. The molecular formula is C9H17NS. The molecule has 0 aromatic heterocycles. The molecule has 64 valence electrons. The summed E-state index contributed by atoms with van der Waals surface area (Å²) in [6, 6.07) is 0.509. The molecule has 1 unspecified atom stereocenters. The van der Waals surface area contributed by atoms with Crippen LogP contribution in [0.25, 0.3) is 0 Å². The third kappa shape index (κ3) is 6.28. The molecule has 1 atom stereocenters. The lowest BCUT2D eigenvalue weighted by atomic mass is 10.2. The smallest absolute Gasteiger partial charge is 0.0267 e. The van der Waals surface area contributed by atoms with Crippen molar-refractivity contribution >= 4 is 11.8 Å². The summed E-state index contributed by atoms with van der Waals surface area (Å²) in [5.74, 6) is 4.99. The maximum Gasteiger partial charge on any atom is 0.0267 e. The van der Waals surface area contributed by atoms with Gasteiger partial charge in [-0.05, 0) is 12.3 Å². The minimum Gasteiger partial charge on any atom is -0.312 e. The van der Waals surface area contributed by atoms with Gasteiger partial charge in [-0.2, -0.15) is 11.8 Å². The molecule has 0 saturated heterocycles. The fourth-order valence-electron chi connectivity index (χ4n) is 0.881. The first-order chi connectivity index (χ1) is 5.35. The Hall–Kier alpha value is -0.130. The summed E-state index contributed by atoms with van der Waals surface area (Å²) in [6.07, 6.45) is 6.08. The predicted molar refractivity (Wildman–Crippen MR) is 53.9 cm³/mol. The van der Waals surface area contributed by atoms with E-state index in [1.54, 1.807) is 0 Å². The molecule has 0 aromatic rings. The van der Waals surface area contributed by atoms with Gasteiger partial charge in [0.25, 0.3) is 0 Å².